The Hall–Kier alpha value is -0.160. The van der Waals surface area contributed by atoms with Gasteiger partial charge in [-0.2, -0.15) is 0 Å². The minimum absolute atomic E-state index is 0.372. The van der Waals surface area contributed by atoms with E-state index < -0.39 is 0 Å². The maximum Gasteiger partial charge on any atom is 0.0747 e. The highest BCUT2D eigenvalue weighted by molar-refractivity contribution is 4.90. The summed E-state index contributed by atoms with van der Waals surface area (Å²) >= 11 is 0. The first-order valence-corrected chi connectivity index (χ1v) is 9.11. The molecule has 3 aliphatic heterocycles. The summed E-state index contributed by atoms with van der Waals surface area (Å²) in [5, 5.41) is 0. The van der Waals surface area contributed by atoms with Crippen LogP contribution in [0.4, 0.5) is 0 Å². The topological polar surface area (TPSA) is 41.7 Å². The third-order valence-corrected chi connectivity index (χ3v) is 5.81. The summed E-state index contributed by atoms with van der Waals surface area (Å²) in [5.41, 5.74) is 6.07. The van der Waals surface area contributed by atoms with Gasteiger partial charge in [0, 0.05) is 31.7 Å². The van der Waals surface area contributed by atoms with E-state index in [1.165, 1.54) is 71.1 Å². The average Bonchev–Trinajstić information content (AvgIpc) is 2.96. The first kappa shape index (κ1) is 15.7. The summed E-state index contributed by atoms with van der Waals surface area (Å²) in [6.45, 7) is 8.00. The summed E-state index contributed by atoms with van der Waals surface area (Å²) in [5.74, 6) is 0. The van der Waals surface area contributed by atoms with Crippen molar-refractivity contribution in [1.82, 2.24) is 9.80 Å². The van der Waals surface area contributed by atoms with Crippen molar-refractivity contribution in [2.75, 3.05) is 32.7 Å². The Kier molecular flexibility index (Phi) is 5.54. The van der Waals surface area contributed by atoms with Crippen molar-refractivity contribution in [2.45, 2.75) is 76.2 Å². The number of ether oxygens (including phenoxy) is 1. The van der Waals surface area contributed by atoms with Gasteiger partial charge in [-0.1, -0.05) is 6.42 Å². The van der Waals surface area contributed by atoms with E-state index in [0.717, 1.165) is 12.6 Å². The van der Waals surface area contributed by atoms with Crippen LogP contribution in [0.2, 0.25) is 0 Å². The molecule has 0 bridgehead atoms. The van der Waals surface area contributed by atoms with Gasteiger partial charge in [0.25, 0.3) is 0 Å². The van der Waals surface area contributed by atoms with Crippen LogP contribution in [-0.2, 0) is 4.74 Å². The van der Waals surface area contributed by atoms with E-state index in [9.17, 15) is 0 Å². The van der Waals surface area contributed by atoms with E-state index in [-0.39, 0.29) is 0 Å². The monoisotopic (exact) mass is 295 g/mol. The van der Waals surface area contributed by atoms with Crippen LogP contribution in [0.15, 0.2) is 0 Å². The minimum atomic E-state index is 0.372. The van der Waals surface area contributed by atoms with Crippen molar-refractivity contribution in [2.24, 2.45) is 5.73 Å². The molecule has 4 heteroatoms. The zero-order valence-corrected chi connectivity index (χ0v) is 13.7. The number of nitrogens with two attached hydrogens (primary N) is 1. The van der Waals surface area contributed by atoms with Gasteiger partial charge in [0.1, 0.15) is 0 Å². The molecule has 3 rings (SSSR count). The van der Waals surface area contributed by atoms with E-state index in [2.05, 4.69) is 16.7 Å². The lowest BCUT2D eigenvalue weighted by Crippen LogP contribution is -2.54. The van der Waals surface area contributed by atoms with E-state index in [1.807, 2.05) is 0 Å². The molecule has 0 radical (unpaired) electrons. The Bertz CT molecular complexity index is 311. The molecule has 0 aromatic heterocycles. The second kappa shape index (κ2) is 7.40. The number of nitrogens with zero attached hydrogens (tertiary/aromatic N) is 2. The van der Waals surface area contributed by atoms with Crippen molar-refractivity contribution in [3.63, 3.8) is 0 Å². The fraction of sp³-hybridized carbons (Fsp3) is 1.00. The Morgan fingerprint density at radius 1 is 1.00 bits per heavy atom. The first-order valence-electron chi connectivity index (χ1n) is 9.11. The SMILES string of the molecule is CC1CCC(C(CN)N2CCC(N3CCCCC3)CC2)O1. The molecule has 3 fully saturated rings. The Balaban J connectivity index is 1.49. The molecule has 0 aromatic rings. The number of hydrogen-bond acceptors (Lipinski definition) is 4. The van der Waals surface area contributed by atoms with Gasteiger partial charge in [0.2, 0.25) is 0 Å². The van der Waals surface area contributed by atoms with E-state index >= 15 is 0 Å². The normalized spacial score (nSPS) is 35.1. The molecule has 3 heterocycles. The van der Waals surface area contributed by atoms with Crippen molar-refractivity contribution >= 4 is 0 Å². The van der Waals surface area contributed by atoms with Crippen molar-refractivity contribution < 1.29 is 4.74 Å². The molecule has 3 saturated heterocycles. The predicted molar refractivity (Wildman–Crippen MR) is 86.4 cm³/mol. The summed E-state index contributed by atoms with van der Waals surface area (Å²) < 4.78 is 6.08. The van der Waals surface area contributed by atoms with Gasteiger partial charge in [-0.15, -0.1) is 0 Å². The lowest BCUT2D eigenvalue weighted by atomic mass is 9.97. The van der Waals surface area contributed by atoms with Crippen molar-refractivity contribution in [1.29, 1.82) is 0 Å². The molecule has 0 saturated carbocycles. The molecule has 0 aromatic carbocycles. The first-order chi connectivity index (χ1) is 10.3. The highest BCUT2D eigenvalue weighted by Gasteiger charge is 2.35. The quantitative estimate of drug-likeness (QED) is 0.859. The fourth-order valence-electron chi connectivity index (χ4n) is 4.52. The Morgan fingerprint density at radius 2 is 1.71 bits per heavy atom. The van der Waals surface area contributed by atoms with Gasteiger partial charge in [0.15, 0.2) is 0 Å². The van der Waals surface area contributed by atoms with E-state index in [1.54, 1.807) is 0 Å². The minimum Gasteiger partial charge on any atom is -0.374 e. The number of rotatable bonds is 4. The van der Waals surface area contributed by atoms with Crippen LogP contribution >= 0.6 is 0 Å². The third kappa shape index (κ3) is 3.79. The third-order valence-electron chi connectivity index (χ3n) is 5.81. The van der Waals surface area contributed by atoms with Crippen molar-refractivity contribution in [3.05, 3.63) is 0 Å². The molecular weight excluding hydrogens is 262 g/mol. The van der Waals surface area contributed by atoms with Crippen LogP contribution in [0, 0.1) is 0 Å². The molecule has 3 unspecified atom stereocenters. The summed E-state index contributed by atoms with van der Waals surface area (Å²) in [6, 6.07) is 1.26. The van der Waals surface area contributed by atoms with Crippen LogP contribution in [0.5, 0.6) is 0 Å². The lowest BCUT2D eigenvalue weighted by Gasteiger charge is -2.43. The van der Waals surface area contributed by atoms with Gasteiger partial charge < -0.3 is 15.4 Å². The molecule has 2 N–H and O–H groups in total. The van der Waals surface area contributed by atoms with Crippen LogP contribution in [0.25, 0.3) is 0 Å². The molecule has 21 heavy (non-hydrogen) atoms. The maximum atomic E-state index is 6.08. The fourth-order valence-corrected chi connectivity index (χ4v) is 4.52. The molecule has 122 valence electrons. The van der Waals surface area contributed by atoms with E-state index in [4.69, 9.17) is 10.5 Å². The van der Waals surface area contributed by atoms with Gasteiger partial charge in [-0.05, 0) is 58.5 Å². The molecular formula is C17H33N3O. The van der Waals surface area contributed by atoms with Gasteiger partial charge in [-0.25, -0.2) is 0 Å². The molecule has 0 aliphatic carbocycles. The summed E-state index contributed by atoms with van der Waals surface area (Å²) in [7, 11) is 0. The highest BCUT2D eigenvalue weighted by Crippen LogP contribution is 2.27. The van der Waals surface area contributed by atoms with Crippen LogP contribution in [0.1, 0.15) is 51.9 Å². The molecule has 3 aliphatic rings. The van der Waals surface area contributed by atoms with Gasteiger partial charge >= 0.3 is 0 Å². The van der Waals surface area contributed by atoms with Gasteiger partial charge in [-0.3, -0.25) is 4.90 Å². The van der Waals surface area contributed by atoms with Crippen LogP contribution < -0.4 is 5.73 Å². The number of piperidine rings is 2. The summed E-state index contributed by atoms with van der Waals surface area (Å²) in [6.07, 6.45) is 10.1. The predicted octanol–water partition coefficient (Wildman–Crippen LogP) is 1.83. The van der Waals surface area contributed by atoms with Crippen molar-refractivity contribution in [3.8, 4) is 0 Å². The highest BCUT2D eigenvalue weighted by atomic mass is 16.5. The zero-order valence-electron chi connectivity index (χ0n) is 13.7. The second-order valence-electron chi connectivity index (χ2n) is 7.23. The van der Waals surface area contributed by atoms with Crippen LogP contribution in [-0.4, -0.2) is 66.8 Å². The molecule has 3 atom stereocenters. The number of likely N-dealkylation sites (tertiary alicyclic amines) is 2. The second-order valence-corrected chi connectivity index (χ2v) is 7.23. The molecule has 4 nitrogen and oxygen atoms in total. The largest absolute Gasteiger partial charge is 0.374 e. The zero-order chi connectivity index (χ0) is 14.7. The Morgan fingerprint density at radius 3 is 2.29 bits per heavy atom. The standard InChI is InChI=1S/C17H33N3O/c1-14-5-6-17(21-14)16(13-18)20-11-7-15(8-12-20)19-9-3-2-4-10-19/h14-17H,2-13,18H2,1H3. The van der Waals surface area contributed by atoms with Gasteiger partial charge in [0.05, 0.1) is 12.2 Å². The smallest absolute Gasteiger partial charge is 0.0747 e. The lowest BCUT2D eigenvalue weighted by molar-refractivity contribution is -0.0190. The van der Waals surface area contributed by atoms with E-state index in [0.29, 0.717) is 18.2 Å². The molecule has 0 spiro atoms. The maximum absolute atomic E-state index is 6.08. The van der Waals surface area contributed by atoms with Crippen LogP contribution in [0.3, 0.4) is 0 Å². The molecule has 0 amide bonds. The average molecular weight is 295 g/mol. The Labute approximate surface area is 130 Å². The summed E-state index contributed by atoms with van der Waals surface area (Å²) in [4.78, 5) is 5.36. The number of hydrogen-bond donors (Lipinski definition) is 1.